The van der Waals surface area contributed by atoms with Gasteiger partial charge in [0.05, 0.1) is 7.11 Å². The van der Waals surface area contributed by atoms with Crippen molar-refractivity contribution in [1.29, 1.82) is 0 Å². The minimum absolute atomic E-state index is 0.241. The van der Waals surface area contributed by atoms with E-state index in [4.69, 9.17) is 4.74 Å². The standard InChI is InChI=1S/C34H50N2O3S/c1-6-12-26(3)36(21-19-27-14-8-7-9-15-27)24-28-17-18-30(31(23-28)29-16-11-10-13-25(29)2)33(37)35-32(20-22-40-5)34(38)39-4/h10-11,13,16-18,23,26-27,32H,6-9,12,14-15,19-22,24H2,1-5H3,(H,35,37)/t26-,32-/m0/s1. The summed E-state index contributed by atoms with van der Waals surface area (Å²) < 4.78 is 4.98. The molecule has 1 fully saturated rings. The van der Waals surface area contributed by atoms with Gasteiger partial charge >= 0.3 is 5.97 Å². The quantitative estimate of drug-likeness (QED) is 0.224. The fraction of sp³-hybridized carbons (Fsp3) is 0.588. The summed E-state index contributed by atoms with van der Waals surface area (Å²) in [4.78, 5) is 28.7. The smallest absolute Gasteiger partial charge is 0.328 e. The van der Waals surface area contributed by atoms with Crippen LogP contribution in [0.2, 0.25) is 0 Å². The number of amides is 1. The van der Waals surface area contributed by atoms with Gasteiger partial charge in [0.2, 0.25) is 0 Å². The third-order valence-corrected chi connectivity index (χ3v) is 9.07. The number of nitrogens with one attached hydrogen (secondary N) is 1. The number of carbonyl (C=O) groups excluding carboxylic acids is 2. The molecule has 40 heavy (non-hydrogen) atoms. The highest BCUT2D eigenvalue weighted by Gasteiger charge is 2.25. The molecule has 3 rings (SSSR count). The number of esters is 1. The van der Waals surface area contributed by atoms with E-state index in [1.54, 1.807) is 11.8 Å². The highest BCUT2D eigenvalue weighted by Crippen LogP contribution is 2.30. The first kappa shape index (κ1) is 32.2. The number of benzene rings is 2. The molecule has 1 aliphatic carbocycles. The van der Waals surface area contributed by atoms with Crippen LogP contribution < -0.4 is 5.32 Å². The Morgan fingerprint density at radius 2 is 1.82 bits per heavy atom. The van der Waals surface area contributed by atoms with Gasteiger partial charge in [-0.2, -0.15) is 11.8 Å². The van der Waals surface area contributed by atoms with Gasteiger partial charge in [0.25, 0.3) is 5.91 Å². The Morgan fingerprint density at radius 1 is 1.07 bits per heavy atom. The monoisotopic (exact) mass is 566 g/mol. The molecule has 0 spiro atoms. The van der Waals surface area contributed by atoms with Crippen molar-refractivity contribution >= 4 is 23.6 Å². The SMILES string of the molecule is CCC[C@H](C)N(CCC1CCCCC1)Cc1ccc(C(=O)N[C@@H](CCSC)C(=O)OC)c(-c2ccccc2C)c1. The van der Waals surface area contributed by atoms with Crippen molar-refractivity contribution in [2.24, 2.45) is 5.92 Å². The van der Waals surface area contributed by atoms with Crippen LogP contribution in [0.15, 0.2) is 42.5 Å². The lowest BCUT2D eigenvalue weighted by molar-refractivity contribution is -0.142. The molecular weight excluding hydrogens is 516 g/mol. The van der Waals surface area contributed by atoms with E-state index in [1.165, 1.54) is 64.0 Å². The first-order valence-electron chi connectivity index (χ1n) is 15.2. The number of rotatable bonds is 15. The molecule has 220 valence electrons. The van der Waals surface area contributed by atoms with Gasteiger partial charge in [-0.25, -0.2) is 4.79 Å². The first-order chi connectivity index (χ1) is 19.4. The van der Waals surface area contributed by atoms with Crippen molar-refractivity contribution in [3.05, 3.63) is 59.2 Å². The molecule has 1 saturated carbocycles. The summed E-state index contributed by atoms with van der Waals surface area (Å²) in [5, 5.41) is 2.96. The van der Waals surface area contributed by atoms with Crippen LogP contribution in [-0.2, 0) is 16.1 Å². The van der Waals surface area contributed by atoms with Gasteiger partial charge in [-0.3, -0.25) is 9.69 Å². The minimum atomic E-state index is -0.667. The molecule has 0 aliphatic heterocycles. The molecular formula is C34H50N2O3S. The Kier molecular flexibility index (Phi) is 13.6. The van der Waals surface area contributed by atoms with Crippen LogP contribution in [0.3, 0.4) is 0 Å². The molecule has 1 N–H and O–H groups in total. The van der Waals surface area contributed by atoms with Crippen LogP contribution in [0.1, 0.15) is 93.1 Å². The van der Waals surface area contributed by atoms with E-state index < -0.39 is 12.0 Å². The van der Waals surface area contributed by atoms with Crippen LogP contribution in [0.25, 0.3) is 11.1 Å². The summed E-state index contributed by atoms with van der Waals surface area (Å²) in [6.07, 6.45) is 13.1. The molecule has 1 amide bonds. The van der Waals surface area contributed by atoms with Gasteiger partial charge in [0.1, 0.15) is 6.04 Å². The fourth-order valence-corrected chi connectivity index (χ4v) is 6.43. The first-order valence-corrected chi connectivity index (χ1v) is 16.6. The van der Waals surface area contributed by atoms with E-state index in [1.807, 2.05) is 24.5 Å². The van der Waals surface area contributed by atoms with Crippen molar-refractivity contribution in [1.82, 2.24) is 10.2 Å². The minimum Gasteiger partial charge on any atom is -0.467 e. The lowest BCUT2D eigenvalue weighted by Crippen LogP contribution is -2.42. The van der Waals surface area contributed by atoms with Gasteiger partial charge in [0, 0.05) is 18.2 Å². The van der Waals surface area contributed by atoms with E-state index in [-0.39, 0.29) is 5.91 Å². The van der Waals surface area contributed by atoms with Gasteiger partial charge in [-0.1, -0.05) is 75.8 Å². The molecule has 0 aromatic heterocycles. The average molecular weight is 567 g/mol. The summed E-state index contributed by atoms with van der Waals surface area (Å²) >= 11 is 1.65. The summed E-state index contributed by atoms with van der Waals surface area (Å²) in [6, 6.07) is 14.3. The van der Waals surface area contributed by atoms with Gasteiger partial charge in [0.15, 0.2) is 0 Å². The molecule has 0 heterocycles. The molecule has 1 aliphatic rings. The van der Waals surface area contributed by atoms with Crippen molar-refractivity contribution in [2.45, 2.75) is 97.2 Å². The predicted molar refractivity (Wildman–Crippen MR) is 169 cm³/mol. The number of thioether (sulfide) groups is 1. The van der Waals surface area contributed by atoms with E-state index >= 15 is 0 Å². The Labute approximate surface area is 246 Å². The Morgan fingerprint density at radius 3 is 2.50 bits per heavy atom. The maximum Gasteiger partial charge on any atom is 0.328 e. The normalized spacial score (nSPS) is 15.6. The van der Waals surface area contributed by atoms with Crippen LogP contribution in [0.5, 0.6) is 0 Å². The average Bonchev–Trinajstić information content (AvgIpc) is 2.97. The van der Waals surface area contributed by atoms with Crippen LogP contribution >= 0.6 is 11.8 Å². The zero-order chi connectivity index (χ0) is 28.9. The summed E-state index contributed by atoms with van der Waals surface area (Å²) in [5.41, 5.74) is 4.88. The molecule has 2 atom stereocenters. The number of hydrogen-bond acceptors (Lipinski definition) is 5. The number of aryl methyl sites for hydroxylation is 1. The van der Waals surface area contributed by atoms with E-state index in [0.717, 1.165) is 41.5 Å². The topological polar surface area (TPSA) is 58.6 Å². The Hall–Kier alpha value is -2.31. The predicted octanol–water partition coefficient (Wildman–Crippen LogP) is 7.65. The molecule has 6 heteroatoms. The molecule has 2 aromatic carbocycles. The maximum atomic E-state index is 13.6. The third-order valence-electron chi connectivity index (χ3n) is 8.43. The maximum absolute atomic E-state index is 13.6. The number of carbonyl (C=O) groups is 2. The van der Waals surface area contributed by atoms with Crippen molar-refractivity contribution in [3.8, 4) is 11.1 Å². The fourth-order valence-electron chi connectivity index (χ4n) is 5.96. The summed E-state index contributed by atoms with van der Waals surface area (Å²) in [7, 11) is 1.37. The molecule has 0 radical (unpaired) electrons. The number of ether oxygens (including phenoxy) is 1. The lowest BCUT2D eigenvalue weighted by atomic mass is 9.86. The second kappa shape index (κ2) is 16.8. The van der Waals surface area contributed by atoms with Crippen molar-refractivity contribution < 1.29 is 14.3 Å². The van der Waals surface area contributed by atoms with Crippen molar-refractivity contribution in [3.63, 3.8) is 0 Å². The van der Waals surface area contributed by atoms with Crippen LogP contribution in [0, 0.1) is 12.8 Å². The second-order valence-electron chi connectivity index (χ2n) is 11.4. The second-order valence-corrected chi connectivity index (χ2v) is 12.4. The number of methoxy groups -OCH3 is 1. The van der Waals surface area contributed by atoms with Gasteiger partial charge < -0.3 is 10.1 Å². The number of nitrogens with zero attached hydrogens (tertiary/aromatic N) is 1. The van der Waals surface area contributed by atoms with Gasteiger partial charge in [-0.05, 0) is 92.0 Å². The summed E-state index contributed by atoms with van der Waals surface area (Å²) in [5.74, 6) is 0.966. The number of hydrogen-bond donors (Lipinski definition) is 1. The van der Waals surface area contributed by atoms with E-state index in [0.29, 0.717) is 18.0 Å². The molecule has 0 bridgehead atoms. The summed E-state index contributed by atoms with van der Waals surface area (Å²) in [6.45, 7) is 8.69. The molecule has 2 aromatic rings. The van der Waals surface area contributed by atoms with Crippen LogP contribution in [-0.4, -0.2) is 54.5 Å². The largest absolute Gasteiger partial charge is 0.467 e. The molecule has 5 nitrogen and oxygen atoms in total. The Bertz CT molecular complexity index is 1080. The zero-order valence-corrected chi connectivity index (χ0v) is 26.2. The molecule has 0 unspecified atom stereocenters. The third kappa shape index (κ3) is 9.37. The van der Waals surface area contributed by atoms with Crippen molar-refractivity contribution in [2.75, 3.05) is 25.7 Å². The van der Waals surface area contributed by atoms with E-state index in [2.05, 4.69) is 55.3 Å². The van der Waals surface area contributed by atoms with Gasteiger partial charge in [-0.15, -0.1) is 0 Å². The highest BCUT2D eigenvalue weighted by atomic mass is 32.2. The van der Waals surface area contributed by atoms with Crippen LogP contribution in [0.4, 0.5) is 0 Å². The zero-order valence-electron chi connectivity index (χ0n) is 25.3. The molecule has 0 saturated heterocycles. The Balaban J connectivity index is 1.90. The lowest BCUT2D eigenvalue weighted by Gasteiger charge is -2.32. The van der Waals surface area contributed by atoms with E-state index in [9.17, 15) is 9.59 Å². The highest BCUT2D eigenvalue weighted by molar-refractivity contribution is 7.98.